The molecule has 1 aliphatic heterocycles. The third-order valence-corrected chi connectivity index (χ3v) is 5.58. The lowest BCUT2D eigenvalue weighted by Crippen LogP contribution is -2.53. The molecule has 1 unspecified atom stereocenters. The van der Waals surface area contributed by atoms with Crippen molar-refractivity contribution in [2.75, 3.05) is 72.5 Å². The molecular weight excluding hydrogens is 533 g/mol. The lowest BCUT2D eigenvalue weighted by atomic mass is 10.1. The molecule has 0 saturated carbocycles. The number of aromatic nitrogens is 2. The first-order chi connectivity index (χ1) is 15.6. The number of aliphatic imine (C=N–C) groups is 1. The van der Waals surface area contributed by atoms with Crippen LogP contribution < -0.4 is 19.7 Å². The van der Waals surface area contributed by atoms with Gasteiger partial charge in [0.1, 0.15) is 0 Å². The Balaban J connectivity index is 0.00000385. The summed E-state index contributed by atoms with van der Waals surface area (Å²) in [6.07, 6.45) is 3.57. The van der Waals surface area contributed by atoms with Crippen LogP contribution >= 0.6 is 24.0 Å². The maximum Gasteiger partial charge on any atom is 0.225 e. The van der Waals surface area contributed by atoms with Gasteiger partial charge >= 0.3 is 0 Å². The van der Waals surface area contributed by atoms with Crippen molar-refractivity contribution in [1.29, 1.82) is 0 Å². The SMILES string of the molecule is CCNC(=NCC(c1ccc(OC)c(OC)c1)N(C)C)N1CCN(c2ncccn2)CC1.I. The van der Waals surface area contributed by atoms with Crippen molar-refractivity contribution < 1.29 is 9.47 Å². The predicted octanol–water partition coefficient (Wildman–Crippen LogP) is 2.50. The fourth-order valence-electron chi connectivity index (χ4n) is 3.80. The van der Waals surface area contributed by atoms with E-state index < -0.39 is 0 Å². The van der Waals surface area contributed by atoms with Crippen LogP contribution in [0.15, 0.2) is 41.7 Å². The van der Waals surface area contributed by atoms with Gasteiger partial charge in [-0.25, -0.2) is 9.97 Å². The second-order valence-corrected chi connectivity index (χ2v) is 7.81. The van der Waals surface area contributed by atoms with Gasteiger partial charge in [-0.05, 0) is 44.8 Å². The van der Waals surface area contributed by atoms with E-state index in [0.717, 1.165) is 61.7 Å². The number of nitrogens with zero attached hydrogens (tertiary/aromatic N) is 6. The van der Waals surface area contributed by atoms with Gasteiger partial charge in [0.15, 0.2) is 17.5 Å². The lowest BCUT2D eigenvalue weighted by molar-refractivity contribution is 0.301. The van der Waals surface area contributed by atoms with Crippen LogP contribution in [-0.4, -0.2) is 93.3 Å². The monoisotopic (exact) mass is 569 g/mol. The summed E-state index contributed by atoms with van der Waals surface area (Å²) in [6.45, 7) is 7.01. The number of methoxy groups -OCH3 is 2. The molecule has 1 saturated heterocycles. The minimum atomic E-state index is 0. The molecule has 1 aliphatic rings. The number of piperazine rings is 1. The van der Waals surface area contributed by atoms with Gasteiger partial charge in [0.05, 0.1) is 26.8 Å². The van der Waals surface area contributed by atoms with Gasteiger partial charge < -0.3 is 29.5 Å². The minimum absolute atomic E-state index is 0. The maximum absolute atomic E-state index is 5.50. The molecular formula is C23H36IN7O2. The molecule has 1 N–H and O–H groups in total. The molecule has 1 aromatic heterocycles. The summed E-state index contributed by atoms with van der Waals surface area (Å²) in [5.74, 6) is 3.18. The van der Waals surface area contributed by atoms with E-state index in [-0.39, 0.29) is 30.0 Å². The van der Waals surface area contributed by atoms with Crippen molar-refractivity contribution in [3.63, 3.8) is 0 Å². The number of hydrogen-bond donors (Lipinski definition) is 1. The highest BCUT2D eigenvalue weighted by molar-refractivity contribution is 14.0. The smallest absolute Gasteiger partial charge is 0.225 e. The van der Waals surface area contributed by atoms with Crippen LogP contribution in [-0.2, 0) is 0 Å². The van der Waals surface area contributed by atoms with Crippen molar-refractivity contribution in [1.82, 2.24) is 25.1 Å². The van der Waals surface area contributed by atoms with Crippen molar-refractivity contribution in [2.24, 2.45) is 4.99 Å². The predicted molar refractivity (Wildman–Crippen MR) is 143 cm³/mol. The maximum atomic E-state index is 5.50. The normalized spacial score (nSPS) is 15.2. The van der Waals surface area contributed by atoms with Gasteiger partial charge in [-0.2, -0.15) is 0 Å². The quantitative estimate of drug-likeness (QED) is 0.296. The Kier molecular flexibility index (Phi) is 10.9. The zero-order valence-electron chi connectivity index (χ0n) is 20.2. The minimum Gasteiger partial charge on any atom is -0.493 e. The van der Waals surface area contributed by atoms with E-state index in [2.05, 4.69) is 57.1 Å². The largest absolute Gasteiger partial charge is 0.493 e. The number of benzene rings is 1. The number of likely N-dealkylation sites (N-methyl/N-ethyl adjacent to an activating group) is 1. The fourth-order valence-corrected chi connectivity index (χ4v) is 3.80. The van der Waals surface area contributed by atoms with Crippen LogP contribution in [0.2, 0.25) is 0 Å². The van der Waals surface area contributed by atoms with E-state index in [1.807, 2.05) is 18.2 Å². The summed E-state index contributed by atoms with van der Waals surface area (Å²) < 4.78 is 10.9. The Morgan fingerprint density at radius 2 is 1.76 bits per heavy atom. The molecule has 33 heavy (non-hydrogen) atoms. The molecule has 1 atom stereocenters. The Hall–Kier alpha value is -2.34. The van der Waals surface area contributed by atoms with Gasteiger partial charge in [-0.1, -0.05) is 6.07 Å². The van der Waals surface area contributed by atoms with Gasteiger partial charge in [0, 0.05) is 45.1 Å². The molecule has 0 spiro atoms. The number of rotatable bonds is 8. The third kappa shape index (κ3) is 7.07. The number of anilines is 1. The molecule has 0 radical (unpaired) electrons. The van der Waals surface area contributed by atoms with Crippen molar-refractivity contribution >= 4 is 35.9 Å². The zero-order chi connectivity index (χ0) is 22.9. The van der Waals surface area contributed by atoms with Crippen LogP contribution in [0.4, 0.5) is 5.95 Å². The number of ether oxygens (including phenoxy) is 2. The second kappa shape index (κ2) is 13.4. The van der Waals surface area contributed by atoms with Crippen molar-refractivity contribution in [2.45, 2.75) is 13.0 Å². The first-order valence-electron chi connectivity index (χ1n) is 11.0. The van der Waals surface area contributed by atoms with E-state index in [4.69, 9.17) is 14.5 Å². The number of nitrogens with one attached hydrogen (secondary N) is 1. The van der Waals surface area contributed by atoms with Crippen molar-refractivity contribution in [3.8, 4) is 11.5 Å². The van der Waals surface area contributed by atoms with Crippen LogP contribution in [0.1, 0.15) is 18.5 Å². The van der Waals surface area contributed by atoms with E-state index >= 15 is 0 Å². The van der Waals surface area contributed by atoms with Gasteiger partial charge in [-0.3, -0.25) is 4.99 Å². The fraction of sp³-hybridized carbons (Fsp3) is 0.522. The number of hydrogen-bond acceptors (Lipinski definition) is 7. The lowest BCUT2D eigenvalue weighted by Gasteiger charge is -2.36. The molecule has 1 aromatic carbocycles. The molecule has 0 amide bonds. The molecule has 9 nitrogen and oxygen atoms in total. The zero-order valence-corrected chi connectivity index (χ0v) is 22.5. The average molecular weight is 569 g/mol. The highest BCUT2D eigenvalue weighted by atomic mass is 127. The van der Waals surface area contributed by atoms with Crippen LogP contribution in [0, 0.1) is 0 Å². The van der Waals surface area contributed by atoms with Crippen molar-refractivity contribution in [3.05, 3.63) is 42.2 Å². The summed E-state index contributed by atoms with van der Waals surface area (Å²) in [5, 5.41) is 3.46. The molecule has 3 rings (SSSR count). The highest BCUT2D eigenvalue weighted by Crippen LogP contribution is 2.31. The second-order valence-electron chi connectivity index (χ2n) is 7.81. The van der Waals surface area contributed by atoms with Crippen LogP contribution in [0.25, 0.3) is 0 Å². The van der Waals surface area contributed by atoms with Gasteiger partial charge in [0.2, 0.25) is 5.95 Å². The molecule has 2 aromatic rings. The Labute approximate surface area is 214 Å². The first kappa shape index (κ1) is 26.9. The number of halogens is 1. The van der Waals surface area contributed by atoms with Crippen LogP contribution in [0.3, 0.4) is 0 Å². The van der Waals surface area contributed by atoms with E-state index in [1.165, 1.54) is 0 Å². The number of guanidine groups is 1. The Morgan fingerprint density at radius 3 is 2.33 bits per heavy atom. The summed E-state index contributed by atoms with van der Waals surface area (Å²) >= 11 is 0. The van der Waals surface area contributed by atoms with E-state index in [1.54, 1.807) is 26.6 Å². The average Bonchev–Trinajstić information content (AvgIpc) is 2.83. The molecule has 1 fully saturated rings. The van der Waals surface area contributed by atoms with Crippen LogP contribution in [0.5, 0.6) is 11.5 Å². The summed E-state index contributed by atoms with van der Waals surface area (Å²) in [7, 11) is 7.45. The third-order valence-electron chi connectivity index (χ3n) is 5.58. The highest BCUT2D eigenvalue weighted by Gasteiger charge is 2.22. The standard InChI is InChI=1S/C23H35N7O2.HI/c1-6-24-22(29-12-14-30(15-13-29)23-25-10-7-11-26-23)27-17-19(28(2)3)18-8-9-20(31-4)21(16-18)32-5;/h7-11,16,19H,6,12-15,17H2,1-5H3,(H,24,27);1H. The Morgan fingerprint density at radius 1 is 1.09 bits per heavy atom. The van der Waals surface area contributed by atoms with E-state index in [9.17, 15) is 0 Å². The topological polar surface area (TPSA) is 78.4 Å². The summed E-state index contributed by atoms with van der Waals surface area (Å²) in [4.78, 5) is 20.4. The summed E-state index contributed by atoms with van der Waals surface area (Å²) in [6, 6.07) is 8.01. The van der Waals surface area contributed by atoms with Gasteiger partial charge in [0.25, 0.3) is 0 Å². The first-order valence-corrected chi connectivity index (χ1v) is 11.0. The van der Waals surface area contributed by atoms with E-state index in [0.29, 0.717) is 6.54 Å². The molecule has 10 heteroatoms. The summed E-state index contributed by atoms with van der Waals surface area (Å²) in [5.41, 5.74) is 1.14. The molecule has 0 aliphatic carbocycles. The molecule has 182 valence electrons. The Bertz CT molecular complexity index is 874. The molecule has 2 heterocycles. The van der Waals surface area contributed by atoms with Gasteiger partial charge in [-0.15, -0.1) is 24.0 Å². The molecule has 0 bridgehead atoms.